The van der Waals surface area contributed by atoms with Crippen LogP contribution in [0.25, 0.3) is 11.0 Å². The average molecular weight is 457 g/mol. The van der Waals surface area contributed by atoms with Crippen LogP contribution < -0.4 is 5.69 Å². The summed E-state index contributed by atoms with van der Waals surface area (Å²) in [6.45, 7) is 7.14. The molecule has 0 bridgehead atoms. The maximum absolute atomic E-state index is 13.1. The van der Waals surface area contributed by atoms with Gasteiger partial charge in [0, 0.05) is 32.7 Å². The van der Waals surface area contributed by atoms with Gasteiger partial charge < -0.3 is 4.90 Å². The topological polar surface area (TPSA) is 84.6 Å². The van der Waals surface area contributed by atoms with Crippen LogP contribution in [0.15, 0.2) is 52.2 Å². The SMILES string of the molecule is CCn1c(=O)n(CC(=O)N2CCN(S(=O)(=O)c3ccc(C)cc3C)CC2)c2ccccc21. The molecule has 32 heavy (non-hydrogen) atoms. The zero-order chi connectivity index (χ0) is 23.0. The quantitative estimate of drug-likeness (QED) is 0.588. The Hall–Kier alpha value is -2.91. The Bertz CT molecular complexity index is 1330. The predicted octanol–water partition coefficient (Wildman–Crippen LogP) is 1.97. The van der Waals surface area contributed by atoms with E-state index in [1.807, 2.05) is 44.2 Å². The number of para-hydroxylation sites is 2. The minimum Gasteiger partial charge on any atom is -0.338 e. The first kappa shape index (κ1) is 22.3. The van der Waals surface area contributed by atoms with Gasteiger partial charge in [0.1, 0.15) is 6.54 Å². The Labute approximate surface area is 187 Å². The van der Waals surface area contributed by atoms with Gasteiger partial charge in [-0.25, -0.2) is 13.2 Å². The van der Waals surface area contributed by atoms with Crippen LogP contribution in [0, 0.1) is 13.8 Å². The van der Waals surface area contributed by atoms with Crippen LogP contribution in [0.4, 0.5) is 0 Å². The molecule has 0 unspecified atom stereocenters. The van der Waals surface area contributed by atoms with Crippen molar-refractivity contribution < 1.29 is 13.2 Å². The normalized spacial score (nSPS) is 15.4. The van der Waals surface area contributed by atoms with Crippen molar-refractivity contribution in [1.29, 1.82) is 0 Å². The van der Waals surface area contributed by atoms with E-state index in [4.69, 9.17) is 0 Å². The monoisotopic (exact) mass is 456 g/mol. The molecular formula is C23H28N4O4S. The number of fused-ring (bicyclic) bond motifs is 1. The third-order valence-corrected chi connectivity index (χ3v) is 8.13. The van der Waals surface area contributed by atoms with Crippen molar-refractivity contribution in [2.45, 2.75) is 38.8 Å². The van der Waals surface area contributed by atoms with E-state index in [2.05, 4.69) is 0 Å². The fraction of sp³-hybridized carbons (Fsp3) is 0.391. The van der Waals surface area contributed by atoms with Gasteiger partial charge in [0.15, 0.2) is 0 Å². The highest BCUT2D eigenvalue weighted by atomic mass is 32.2. The number of hydrogen-bond donors (Lipinski definition) is 0. The van der Waals surface area contributed by atoms with Gasteiger partial charge in [0.2, 0.25) is 15.9 Å². The second-order valence-electron chi connectivity index (χ2n) is 8.16. The molecule has 1 saturated heterocycles. The second-order valence-corrected chi connectivity index (χ2v) is 10.1. The van der Waals surface area contributed by atoms with Crippen LogP contribution in [0.2, 0.25) is 0 Å². The van der Waals surface area contributed by atoms with Gasteiger partial charge in [0.05, 0.1) is 15.9 Å². The predicted molar refractivity (Wildman–Crippen MR) is 123 cm³/mol. The minimum absolute atomic E-state index is 0.0594. The van der Waals surface area contributed by atoms with Gasteiger partial charge in [-0.3, -0.25) is 13.9 Å². The third kappa shape index (κ3) is 3.86. The Morgan fingerprint density at radius 3 is 2.16 bits per heavy atom. The summed E-state index contributed by atoms with van der Waals surface area (Å²) in [6, 6.07) is 12.7. The van der Waals surface area contributed by atoms with Crippen LogP contribution in [-0.4, -0.2) is 58.8 Å². The third-order valence-electron chi connectivity index (χ3n) is 6.07. The summed E-state index contributed by atoms with van der Waals surface area (Å²) in [5, 5.41) is 0. The van der Waals surface area contributed by atoms with Gasteiger partial charge in [-0.05, 0) is 44.5 Å². The van der Waals surface area contributed by atoms with Gasteiger partial charge in [0.25, 0.3) is 0 Å². The molecule has 1 amide bonds. The summed E-state index contributed by atoms with van der Waals surface area (Å²) in [7, 11) is -3.62. The van der Waals surface area contributed by atoms with Crippen molar-refractivity contribution >= 4 is 27.0 Å². The number of benzene rings is 2. The van der Waals surface area contributed by atoms with Crippen LogP contribution in [0.3, 0.4) is 0 Å². The molecule has 9 heteroatoms. The molecule has 0 radical (unpaired) electrons. The van der Waals surface area contributed by atoms with E-state index in [0.29, 0.717) is 24.5 Å². The Kier molecular flexibility index (Phi) is 5.96. The number of aromatic nitrogens is 2. The van der Waals surface area contributed by atoms with E-state index in [1.165, 1.54) is 8.87 Å². The van der Waals surface area contributed by atoms with Gasteiger partial charge >= 0.3 is 5.69 Å². The second kappa shape index (κ2) is 8.55. The van der Waals surface area contributed by atoms with Crippen LogP contribution in [0.1, 0.15) is 18.1 Å². The van der Waals surface area contributed by atoms with Crippen molar-refractivity contribution in [3.8, 4) is 0 Å². The van der Waals surface area contributed by atoms with Crippen LogP contribution >= 0.6 is 0 Å². The van der Waals surface area contributed by atoms with E-state index >= 15 is 0 Å². The largest absolute Gasteiger partial charge is 0.338 e. The summed E-state index contributed by atoms with van der Waals surface area (Å²) >= 11 is 0. The van der Waals surface area contributed by atoms with Crippen molar-refractivity contribution in [1.82, 2.24) is 18.3 Å². The van der Waals surface area contributed by atoms with Gasteiger partial charge in [-0.2, -0.15) is 4.31 Å². The van der Waals surface area contributed by atoms with Gasteiger partial charge in [-0.15, -0.1) is 0 Å². The van der Waals surface area contributed by atoms with E-state index in [-0.39, 0.29) is 31.2 Å². The van der Waals surface area contributed by atoms with Crippen molar-refractivity contribution in [2.75, 3.05) is 26.2 Å². The smallest absolute Gasteiger partial charge is 0.329 e. The highest BCUT2D eigenvalue weighted by Crippen LogP contribution is 2.22. The van der Waals surface area contributed by atoms with E-state index in [1.54, 1.807) is 28.5 Å². The first-order valence-electron chi connectivity index (χ1n) is 10.8. The highest BCUT2D eigenvalue weighted by molar-refractivity contribution is 7.89. The zero-order valence-corrected chi connectivity index (χ0v) is 19.4. The zero-order valence-electron chi connectivity index (χ0n) is 18.6. The molecule has 2 aromatic carbocycles. The number of hydrogen-bond acceptors (Lipinski definition) is 4. The molecule has 1 fully saturated rings. The summed E-state index contributed by atoms with van der Waals surface area (Å²) in [4.78, 5) is 27.7. The molecule has 170 valence electrons. The Morgan fingerprint density at radius 1 is 0.938 bits per heavy atom. The number of carbonyl (C=O) groups is 1. The van der Waals surface area contributed by atoms with Crippen LogP contribution in [0.5, 0.6) is 0 Å². The maximum atomic E-state index is 13.1. The summed E-state index contributed by atoms with van der Waals surface area (Å²) < 4.78 is 30.8. The Morgan fingerprint density at radius 2 is 1.56 bits per heavy atom. The molecule has 0 N–H and O–H groups in total. The van der Waals surface area contributed by atoms with E-state index in [9.17, 15) is 18.0 Å². The number of carbonyl (C=O) groups excluding carboxylic acids is 1. The number of nitrogens with zero attached hydrogens (tertiary/aromatic N) is 4. The highest BCUT2D eigenvalue weighted by Gasteiger charge is 2.31. The molecule has 8 nitrogen and oxygen atoms in total. The van der Waals surface area contributed by atoms with Crippen molar-refractivity contribution in [2.24, 2.45) is 0 Å². The number of sulfonamides is 1. The first-order chi connectivity index (χ1) is 15.2. The molecular weight excluding hydrogens is 428 g/mol. The molecule has 0 aliphatic carbocycles. The lowest BCUT2D eigenvalue weighted by Gasteiger charge is -2.34. The number of amides is 1. The van der Waals surface area contributed by atoms with Crippen LogP contribution in [-0.2, 0) is 27.9 Å². The molecule has 3 aromatic rings. The number of imidazole rings is 1. The average Bonchev–Trinajstić information content (AvgIpc) is 3.04. The fourth-order valence-corrected chi connectivity index (χ4v) is 6.00. The molecule has 0 spiro atoms. The molecule has 0 saturated carbocycles. The minimum atomic E-state index is -3.62. The molecule has 2 heterocycles. The molecule has 1 aliphatic rings. The first-order valence-corrected chi connectivity index (χ1v) is 12.2. The molecule has 4 rings (SSSR count). The summed E-state index contributed by atoms with van der Waals surface area (Å²) in [5.74, 6) is -0.185. The lowest BCUT2D eigenvalue weighted by molar-refractivity contribution is -0.133. The molecule has 1 aliphatic heterocycles. The molecule has 0 atom stereocenters. The fourth-order valence-electron chi connectivity index (χ4n) is 4.37. The lowest BCUT2D eigenvalue weighted by atomic mass is 10.2. The summed E-state index contributed by atoms with van der Waals surface area (Å²) in [6.07, 6.45) is 0. The number of piperazine rings is 1. The van der Waals surface area contributed by atoms with Crippen molar-refractivity contribution in [3.05, 3.63) is 64.1 Å². The molecule has 1 aromatic heterocycles. The lowest BCUT2D eigenvalue weighted by Crippen LogP contribution is -2.51. The Balaban J connectivity index is 1.48. The van der Waals surface area contributed by atoms with Gasteiger partial charge in [-0.1, -0.05) is 29.8 Å². The standard InChI is InChI=1S/C23H28N4O4S/c1-4-26-19-7-5-6-8-20(19)27(23(26)29)16-22(28)24-11-13-25(14-12-24)32(30,31)21-10-9-17(2)15-18(21)3/h5-10,15H,4,11-14,16H2,1-3H3. The van der Waals surface area contributed by atoms with Crippen molar-refractivity contribution in [3.63, 3.8) is 0 Å². The number of rotatable bonds is 5. The van der Waals surface area contributed by atoms with E-state index in [0.717, 1.165) is 22.2 Å². The maximum Gasteiger partial charge on any atom is 0.329 e. The summed E-state index contributed by atoms with van der Waals surface area (Å²) in [5.41, 5.74) is 3.05. The van der Waals surface area contributed by atoms with E-state index < -0.39 is 10.0 Å². The number of aryl methyl sites for hydroxylation is 3.